The van der Waals surface area contributed by atoms with E-state index >= 15 is 0 Å². The lowest BCUT2D eigenvalue weighted by atomic mass is 9.85. The maximum Gasteiger partial charge on any atom is 0.137 e. The Morgan fingerprint density at radius 2 is 2.04 bits per heavy atom. The Labute approximate surface area is 161 Å². The van der Waals surface area contributed by atoms with Crippen molar-refractivity contribution in [3.8, 4) is 0 Å². The lowest BCUT2D eigenvalue weighted by Gasteiger charge is -2.33. The van der Waals surface area contributed by atoms with E-state index in [9.17, 15) is 0 Å². The molecule has 2 fully saturated rings. The molecule has 4 heterocycles. The van der Waals surface area contributed by atoms with Crippen LogP contribution in [0.5, 0.6) is 0 Å². The van der Waals surface area contributed by atoms with E-state index in [2.05, 4.69) is 51.5 Å². The zero-order chi connectivity index (χ0) is 18.2. The minimum atomic E-state index is 0.549. The molecule has 1 aliphatic heterocycles. The lowest BCUT2D eigenvalue weighted by Crippen LogP contribution is -2.35. The van der Waals surface area contributed by atoms with Gasteiger partial charge in [0.1, 0.15) is 11.5 Å². The Morgan fingerprint density at radius 1 is 1.11 bits per heavy atom. The van der Waals surface area contributed by atoms with Gasteiger partial charge in [-0.1, -0.05) is 12.5 Å². The Kier molecular flexibility index (Phi) is 4.48. The number of imidazole rings is 2. The number of piperidine rings is 1. The molecule has 1 aliphatic carbocycles. The summed E-state index contributed by atoms with van der Waals surface area (Å²) in [5.41, 5.74) is 3.47. The molecule has 0 amide bonds. The highest BCUT2D eigenvalue weighted by Gasteiger charge is 2.26. The van der Waals surface area contributed by atoms with Crippen LogP contribution in [0, 0.1) is 12.8 Å². The second-order valence-corrected chi connectivity index (χ2v) is 8.51. The topological polar surface area (TPSA) is 38.4 Å². The molecule has 5 rings (SSSR count). The first kappa shape index (κ1) is 17.0. The number of likely N-dealkylation sites (tertiary alicyclic amines) is 1. The second kappa shape index (κ2) is 7.12. The standard InChI is InChI=1S/C22H29N5/c1-17-7-8-21-24-20(16-27(21)12-17)15-25-10-3-6-19(14-25)22-23-9-11-26(22)13-18-4-2-5-18/h7-9,11-12,16,18-19H,2-6,10,13-15H2,1H3. The number of rotatable bonds is 5. The molecular formula is C22H29N5. The van der Waals surface area contributed by atoms with Gasteiger partial charge in [0.05, 0.1) is 5.69 Å². The highest BCUT2D eigenvalue weighted by atomic mass is 15.2. The lowest BCUT2D eigenvalue weighted by molar-refractivity contribution is 0.190. The second-order valence-electron chi connectivity index (χ2n) is 8.51. The molecule has 3 aromatic rings. The number of aromatic nitrogens is 4. The van der Waals surface area contributed by atoms with Crippen LogP contribution in [0.4, 0.5) is 0 Å². The molecule has 5 nitrogen and oxygen atoms in total. The van der Waals surface area contributed by atoms with Crippen LogP contribution in [0.2, 0.25) is 0 Å². The average molecular weight is 364 g/mol. The first-order chi connectivity index (χ1) is 13.2. The average Bonchev–Trinajstić information content (AvgIpc) is 3.24. The summed E-state index contributed by atoms with van der Waals surface area (Å²) in [6.07, 6.45) is 15.2. The normalized spacial score (nSPS) is 21.6. The van der Waals surface area contributed by atoms with Crippen molar-refractivity contribution in [1.82, 2.24) is 23.8 Å². The molecule has 1 saturated carbocycles. The van der Waals surface area contributed by atoms with E-state index in [4.69, 9.17) is 9.97 Å². The molecule has 1 unspecified atom stereocenters. The van der Waals surface area contributed by atoms with Crippen LogP contribution < -0.4 is 0 Å². The van der Waals surface area contributed by atoms with Gasteiger partial charge in [-0.3, -0.25) is 4.90 Å². The predicted molar refractivity (Wildman–Crippen MR) is 107 cm³/mol. The van der Waals surface area contributed by atoms with Gasteiger partial charge in [-0.2, -0.15) is 0 Å². The van der Waals surface area contributed by atoms with Gasteiger partial charge in [-0.15, -0.1) is 0 Å². The van der Waals surface area contributed by atoms with Crippen LogP contribution in [-0.2, 0) is 13.1 Å². The third-order valence-electron chi connectivity index (χ3n) is 6.33. The van der Waals surface area contributed by atoms with Gasteiger partial charge in [0, 0.05) is 50.3 Å². The molecule has 5 heteroatoms. The number of hydrogen-bond donors (Lipinski definition) is 0. The van der Waals surface area contributed by atoms with Gasteiger partial charge in [-0.25, -0.2) is 9.97 Å². The van der Waals surface area contributed by atoms with Crippen LogP contribution in [0.3, 0.4) is 0 Å². The first-order valence-electron chi connectivity index (χ1n) is 10.4. The molecule has 3 aromatic heterocycles. The van der Waals surface area contributed by atoms with Crippen molar-refractivity contribution >= 4 is 5.65 Å². The number of nitrogens with zero attached hydrogens (tertiary/aromatic N) is 5. The molecular weight excluding hydrogens is 334 g/mol. The summed E-state index contributed by atoms with van der Waals surface area (Å²) in [5, 5.41) is 0. The van der Waals surface area contributed by atoms with Crippen molar-refractivity contribution in [2.45, 2.75) is 58.0 Å². The number of hydrogen-bond acceptors (Lipinski definition) is 3. The molecule has 142 valence electrons. The fraction of sp³-hybridized carbons (Fsp3) is 0.545. The highest BCUT2D eigenvalue weighted by Crippen LogP contribution is 2.31. The van der Waals surface area contributed by atoms with E-state index in [-0.39, 0.29) is 0 Å². The number of fused-ring (bicyclic) bond motifs is 1. The number of pyridine rings is 1. The number of aryl methyl sites for hydroxylation is 1. The summed E-state index contributed by atoms with van der Waals surface area (Å²) >= 11 is 0. The van der Waals surface area contributed by atoms with Gasteiger partial charge in [0.15, 0.2) is 0 Å². The van der Waals surface area contributed by atoms with Crippen molar-refractivity contribution in [3.63, 3.8) is 0 Å². The summed E-state index contributed by atoms with van der Waals surface area (Å²) < 4.78 is 4.59. The van der Waals surface area contributed by atoms with Crippen LogP contribution >= 0.6 is 0 Å². The Morgan fingerprint density at radius 3 is 2.89 bits per heavy atom. The summed E-state index contributed by atoms with van der Waals surface area (Å²) in [7, 11) is 0. The Bertz CT molecular complexity index is 920. The van der Waals surface area contributed by atoms with Gasteiger partial charge in [0.25, 0.3) is 0 Å². The van der Waals surface area contributed by atoms with Crippen molar-refractivity contribution in [1.29, 1.82) is 0 Å². The first-order valence-corrected chi connectivity index (χ1v) is 10.4. The monoisotopic (exact) mass is 363 g/mol. The Hall–Kier alpha value is -2.14. The molecule has 0 radical (unpaired) electrons. The fourth-order valence-corrected chi connectivity index (χ4v) is 4.66. The maximum atomic E-state index is 4.81. The van der Waals surface area contributed by atoms with Crippen molar-refractivity contribution < 1.29 is 0 Å². The van der Waals surface area contributed by atoms with Crippen molar-refractivity contribution in [2.75, 3.05) is 13.1 Å². The van der Waals surface area contributed by atoms with E-state index < -0.39 is 0 Å². The fourth-order valence-electron chi connectivity index (χ4n) is 4.66. The van der Waals surface area contributed by atoms with Crippen LogP contribution in [-0.4, -0.2) is 36.9 Å². The predicted octanol–water partition coefficient (Wildman–Crippen LogP) is 4.02. The summed E-state index contributed by atoms with van der Waals surface area (Å²) in [4.78, 5) is 12.1. The van der Waals surface area contributed by atoms with Gasteiger partial charge >= 0.3 is 0 Å². The molecule has 2 aliphatic rings. The summed E-state index contributed by atoms with van der Waals surface area (Å²) in [6, 6.07) is 4.24. The molecule has 0 N–H and O–H groups in total. The minimum Gasteiger partial charge on any atom is -0.334 e. The molecule has 1 atom stereocenters. The van der Waals surface area contributed by atoms with E-state index in [0.29, 0.717) is 5.92 Å². The van der Waals surface area contributed by atoms with Gasteiger partial charge in [-0.05, 0) is 56.7 Å². The largest absolute Gasteiger partial charge is 0.334 e. The van der Waals surface area contributed by atoms with E-state index in [1.165, 1.54) is 49.2 Å². The van der Waals surface area contributed by atoms with Crippen LogP contribution in [0.15, 0.2) is 36.9 Å². The molecule has 0 aromatic carbocycles. The smallest absolute Gasteiger partial charge is 0.137 e. The summed E-state index contributed by atoms with van der Waals surface area (Å²) in [6.45, 7) is 6.47. The highest BCUT2D eigenvalue weighted by molar-refractivity contribution is 5.41. The van der Waals surface area contributed by atoms with Crippen LogP contribution in [0.25, 0.3) is 5.65 Å². The maximum absolute atomic E-state index is 4.81. The van der Waals surface area contributed by atoms with E-state index in [1.54, 1.807) is 0 Å². The SMILES string of the molecule is Cc1ccc2nc(CN3CCCC(c4nccn4CC4CCC4)C3)cn2c1. The third-order valence-corrected chi connectivity index (χ3v) is 6.33. The van der Waals surface area contributed by atoms with E-state index in [0.717, 1.165) is 37.7 Å². The molecule has 0 bridgehead atoms. The van der Waals surface area contributed by atoms with Crippen LogP contribution in [0.1, 0.15) is 55.1 Å². The minimum absolute atomic E-state index is 0.549. The summed E-state index contributed by atoms with van der Waals surface area (Å²) in [5.74, 6) is 2.73. The zero-order valence-electron chi connectivity index (χ0n) is 16.2. The van der Waals surface area contributed by atoms with Gasteiger partial charge < -0.3 is 8.97 Å². The Balaban J connectivity index is 1.28. The zero-order valence-corrected chi connectivity index (χ0v) is 16.2. The molecule has 1 saturated heterocycles. The quantitative estimate of drug-likeness (QED) is 0.687. The molecule has 0 spiro atoms. The van der Waals surface area contributed by atoms with Crippen molar-refractivity contribution in [3.05, 3.63) is 54.0 Å². The van der Waals surface area contributed by atoms with Gasteiger partial charge in [0.2, 0.25) is 0 Å². The van der Waals surface area contributed by atoms with Crippen molar-refractivity contribution in [2.24, 2.45) is 5.92 Å². The third kappa shape index (κ3) is 3.53. The molecule has 27 heavy (non-hydrogen) atoms. The van der Waals surface area contributed by atoms with E-state index in [1.807, 2.05) is 6.20 Å².